The smallest absolute Gasteiger partial charge is 0.311 e. The maximum Gasteiger partial charge on any atom is 0.311 e. The van der Waals surface area contributed by atoms with E-state index in [2.05, 4.69) is 9.89 Å². The lowest BCUT2D eigenvalue weighted by Gasteiger charge is -2.28. The van der Waals surface area contributed by atoms with Crippen molar-refractivity contribution in [2.24, 2.45) is 4.99 Å². The highest BCUT2D eigenvalue weighted by atomic mass is 32.2. The molecule has 32 heavy (non-hydrogen) atoms. The lowest BCUT2D eigenvalue weighted by atomic mass is 10.1. The van der Waals surface area contributed by atoms with Gasteiger partial charge in [0.15, 0.2) is 10.9 Å². The fourth-order valence-corrected chi connectivity index (χ4v) is 4.40. The molecule has 2 fully saturated rings. The molecule has 4 rings (SSSR count). The van der Waals surface area contributed by atoms with E-state index in [1.807, 2.05) is 24.3 Å². The zero-order chi connectivity index (χ0) is 22.7. The number of nitrogens with zero attached hydrogens (tertiary/aromatic N) is 4. The Morgan fingerprint density at radius 1 is 1.19 bits per heavy atom. The summed E-state index contributed by atoms with van der Waals surface area (Å²) in [6, 6.07) is 12.4. The minimum Gasteiger partial charge on any atom is -0.490 e. The first-order valence-electron chi connectivity index (χ1n) is 9.98. The fraction of sp³-hybridized carbons (Fsp3) is 0.273. The second kappa shape index (κ2) is 9.41. The molecule has 0 aliphatic carbocycles. The zero-order valence-corrected chi connectivity index (χ0v) is 18.5. The molecule has 0 unspecified atom stereocenters. The summed E-state index contributed by atoms with van der Waals surface area (Å²) in [4.78, 5) is 32.2. The van der Waals surface area contributed by atoms with Gasteiger partial charge < -0.3 is 14.4 Å². The van der Waals surface area contributed by atoms with E-state index in [0.717, 1.165) is 37.7 Å². The number of hydrogen-bond acceptors (Lipinski definition) is 8. The summed E-state index contributed by atoms with van der Waals surface area (Å²) >= 11 is 1.23. The van der Waals surface area contributed by atoms with Crippen molar-refractivity contribution in [2.75, 3.05) is 45.4 Å². The van der Waals surface area contributed by atoms with Crippen molar-refractivity contribution in [3.63, 3.8) is 0 Å². The largest absolute Gasteiger partial charge is 0.490 e. The predicted octanol–water partition coefficient (Wildman–Crippen LogP) is 3.67. The summed E-state index contributed by atoms with van der Waals surface area (Å²) in [6.07, 6.45) is 1.62. The quantitative estimate of drug-likeness (QED) is 0.386. The van der Waals surface area contributed by atoms with E-state index in [1.165, 1.54) is 35.9 Å². The summed E-state index contributed by atoms with van der Waals surface area (Å²) in [5.41, 5.74) is 2.24. The number of thioether (sulfide) groups is 1. The van der Waals surface area contributed by atoms with Crippen LogP contribution < -0.4 is 9.64 Å². The molecule has 9 nitrogen and oxygen atoms in total. The number of ether oxygens (including phenoxy) is 2. The second-order valence-corrected chi connectivity index (χ2v) is 8.18. The molecule has 2 aliphatic heterocycles. The van der Waals surface area contributed by atoms with Crippen molar-refractivity contribution >= 4 is 46.0 Å². The molecule has 2 aromatic rings. The number of hydrogen-bond donors (Lipinski definition) is 0. The van der Waals surface area contributed by atoms with E-state index in [4.69, 9.17) is 9.47 Å². The summed E-state index contributed by atoms with van der Waals surface area (Å²) in [6.45, 7) is 3.16. The van der Waals surface area contributed by atoms with Crippen LogP contribution in [0, 0.1) is 10.1 Å². The van der Waals surface area contributed by atoms with Gasteiger partial charge in [0.1, 0.15) is 0 Å². The number of morpholine rings is 1. The number of amides is 1. The lowest BCUT2D eigenvalue weighted by molar-refractivity contribution is -0.385. The van der Waals surface area contributed by atoms with Gasteiger partial charge in [0, 0.05) is 31.9 Å². The van der Waals surface area contributed by atoms with Crippen LogP contribution >= 0.6 is 11.8 Å². The molecular weight excluding hydrogens is 432 g/mol. The highest BCUT2D eigenvalue weighted by Gasteiger charge is 2.30. The summed E-state index contributed by atoms with van der Waals surface area (Å²) in [5.74, 6) is -0.0420. The van der Waals surface area contributed by atoms with Gasteiger partial charge in [-0.25, -0.2) is 4.99 Å². The molecule has 0 aromatic heterocycles. The van der Waals surface area contributed by atoms with Crippen LogP contribution in [0.25, 0.3) is 6.08 Å². The van der Waals surface area contributed by atoms with Gasteiger partial charge in [-0.15, -0.1) is 0 Å². The van der Waals surface area contributed by atoms with Crippen molar-refractivity contribution < 1.29 is 19.2 Å². The van der Waals surface area contributed by atoms with E-state index < -0.39 is 4.92 Å². The minimum absolute atomic E-state index is 0.153. The molecule has 1 amide bonds. The number of nitro benzene ring substituents is 1. The Morgan fingerprint density at radius 2 is 1.91 bits per heavy atom. The van der Waals surface area contributed by atoms with E-state index in [9.17, 15) is 14.9 Å². The standard InChI is InChI=1S/C22H22N4O5S/c1-24-21(27)20(14-15-3-8-19(30-2)18(13-15)26(28)29)32-22(24)23-16-4-6-17(7-5-16)25-9-11-31-12-10-25/h3-8,13-14H,9-12H2,1-2H3. The molecule has 0 saturated carbocycles. The highest BCUT2D eigenvalue weighted by molar-refractivity contribution is 8.18. The van der Waals surface area contributed by atoms with Crippen LogP contribution in [0.1, 0.15) is 5.56 Å². The Labute approximate surface area is 189 Å². The second-order valence-electron chi connectivity index (χ2n) is 7.17. The molecule has 0 radical (unpaired) electrons. The number of carbonyl (C=O) groups excluding carboxylic acids is 1. The number of rotatable bonds is 5. The van der Waals surface area contributed by atoms with Crippen molar-refractivity contribution in [3.05, 3.63) is 63.0 Å². The van der Waals surface area contributed by atoms with Crippen LogP contribution in [0.5, 0.6) is 5.75 Å². The number of nitro groups is 1. The number of benzene rings is 2. The van der Waals surface area contributed by atoms with Crippen LogP contribution in [0.3, 0.4) is 0 Å². The number of carbonyl (C=O) groups is 1. The van der Waals surface area contributed by atoms with Gasteiger partial charge in [0.05, 0.1) is 35.8 Å². The van der Waals surface area contributed by atoms with E-state index >= 15 is 0 Å². The van der Waals surface area contributed by atoms with Gasteiger partial charge in [0.2, 0.25) is 0 Å². The van der Waals surface area contributed by atoms with Crippen molar-refractivity contribution in [1.29, 1.82) is 0 Å². The number of amidine groups is 1. The maximum absolute atomic E-state index is 12.7. The molecule has 2 saturated heterocycles. The Balaban J connectivity index is 1.54. The van der Waals surface area contributed by atoms with Crippen molar-refractivity contribution in [2.45, 2.75) is 0 Å². The average Bonchev–Trinajstić information content (AvgIpc) is 3.07. The van der Waals surface area contributed by atoms with Crippen LogP contribution in [0.4, 0.5) is 17.1 Å². The Bertz CT molecular complexity index is 1090. The third kappa shape index (κ3) is 4.61. The fourth-order valence-electron chi connectivity index (χ4n) is 3.41. The minimum atomic E-state index is -0.510. The van der Waals surface area contributed by atoms with Gasteiger partial charge in [-0.2, -0.15) is 0 Å². The SMILES string of the molecule is COc1ccc(C=C2SC(=Nc3ccc(N4CCOCC4)cc3)N(C)C2=O)cc1[N+](=O)[O-]. The first-order valence-corrected chi connectivity index (χ1v) is 10.8. The summed E-state index contributed by atoms with van der Waals surface area (Å²) in [7, 11) is 3.04. The topological polar surface area (TPSA) is 97.5 Å². The first-order chi connectivity index (χ1) is 15.5. The summed E-state index contributed by atoms with van der Waals surface area (Å²) < 4.78 is 10.4. The average molecular weight is 455 g/mol. The third-order valence-electron chi connectivity index (χ3n) is 5.15. The van der Waals surface area contributed by atoms with Gasteiger partial charge in [-0.3, -0.25) is 19.8 Å². The number of aliphatic imine (C=N–C) groups is 1. The summed E-state index contributed by atoms with van der Waals surface area (Å²) in [5, 5.41) is 11.8. The van der Waals surface area contributed by atoms with Gasteiger partial charge in [-0.1, -0.05) is 6.07 Å². The third-order valence-corrected chi connectivity index (χ3v) is 6.21. The Hall–Kier alpha value is -3.37. The maximum atomic E-state index is 12.7. The van der Waals surface area contributed by atoms with Gasteiger partial charge in [0.25, 0.3) is 5.91 Å². The number of anilines is 1. The van der Waals surface area contributed by atoms with E-state index in [1.54, 1.807) is 19.2 Å². The predicted molar refractivity (Wildman–Crippen MR) is 125 cm³/mol. The normalized spacial score (nSPS) is 19.1. The molecule has 2 aromatic carbocycles. The Kier molecular flexibility index (Phi) is 6.42. The molecule has 2 heterocycles. The molecule has 0 atom stereocenters. The van der Waals surface area contributed by atoms with E-state index in [0.29, 0.717) is 15.6 Å². The number of likely N-dealkylation sites (N-methyl/N-ethyl adjacent to an activating group) is 1. The highest BCUT2D eigenvalue weighted by Crippen LogP contribution is 2.35. The van der Waals surface area contributed by atoms with Crippen LogP contribution in [0.15, 0.2) is 52.4 Å². The molecule has 0 spiro atoms. The number of methoxy groups -OCH3 is 1. The molecule has 0 N–H and O–H groups in total. The molecule has 10 heteroatoms. The molecule has 0 bridgehead atoms. The molecular formula is C22H22N4O5S. The monoisotopic (exact) mass is 454 g/mol. The van der Waals surface area contributed by atoms with Gasteiger partial charge >= 0.3 is 5.69 Å². The lowest BCUT2D eigenvalue weighted by Crippen LogP contribution is -2.36. The molecule has 2 aliphatic rings. The van der Waals surface area contributed by atoms with Crippen molar-refractivity contribution in [1.82, 2.24) is 4.90 Å². The van der Waals surface area contributed by atoms with Crippen molar-refractivity contribution in [3.8, 4) is 5.75 Å². The van der Waals surface area contributed by atoms with Crippen LogP contribution in [-0.4, -0.2) is 61.4 Å². The van der Waals surface area contributed by atoms with Crippen LogP contribution in [0.2, 0.25) is 0 Å². The van der Waals surface area contributed by atoms with Crippen LogP contribution in [-0.2, 0) is 9.53 Å². The zero-order valence-electron chi connectivity index (χ0n) is 17.7. The molecule has 166 valence electrons. The van der Waals surface area contributed by atoms with Gasteiger partial charge in [-0.05, 0) is 53.7 Å². The Morgan fingerprint density at radius 3 is 2.56 bits per heavy atom. The first kappa shape index (κ1) is 21.8. The van der Waals surface area contributed by atoms with E-state index in [-0.39, 0.29) is 17.3 Å².